The second-order valence-electron chi connectivity index (χ2n) is 3.64. The van der Waals surface area contributed by atoms with E-state index >= 15 is 0 Å². The van der Waals surface area contributed by atoms with Crippen molar-refractivity contribution in [1.29, 1.82) is 0 Å². The van der Waals surface area contributed by atoms with E-state index in [0.717, 1.165) is 18.1 Å². The van der Waals surface area contributed by atoms with Crippen LogP contribution in [0, 0.1) is 6.92 Å². The molecule has 0 saturated carbocycles. The maximum atomic E-state index is 9.17. The number of methoxy groups -OCH3 is 1. The highest BCUT2D eigenvalue weighted by Crippen LogP contribution is 2.22. The minimum absolute atomic E-state index is 0.0127. The predicted molar refractivity (Wildman–Crippen MR) is 63.4 cm³/mol. The summed E-state index contributed by atoms with van der Waals surface area (Å²) in [4.78, 5) is 0. The van der Waals surface area contributed by atoms with Crippen LogP contribution < -0.4 is 11.1 Å². The number of hydrogen-bond donors (Lipinski definition) is 3. The van der Waals surface area contributed by atoms with Crippen molar-refractivity contribution in [2.24, 2.45) is 0 Å². The number of nitrogens with two attached hydrogens (primary N) is 1. The van der Waals surface area contributed by atoms with Gasteiger partial charge < -0.3 is 20.9 Å². The van der Waals surface area contributed by atoms with Gasteiger partial charge in [-0.3, -0.25) is 0 Å². The number of aliphatic hydroxyl groups excluding tert-OH is 1. The number of aromatic nitrogens is 2. The first-order valence-electron chi connectivity index (χ1n) is 5.33. The summed E-state index contributed by atoms with van der Waals surface area (Å²) in [5.41, 5.74) is 7.32. The summed E-state index contributed by atoms with van der Waals surface area (Å²) >= 11 is 0. The fourth-order valence-corrected chi connectivity index (χ4v) is 1.51. The van der Waals surface area contributed by atoms with Crippen molar-refractivity contribution in [2.75, 3.05) is 31.4 Å². The number of nitrogens with zero attached hydrogens (tertiary/aromatic N) is 2. The average Bonchev–Trinajstić information content (AvgIpc) is 2.55. The van der Waals surface area contributed by atoms with Crippen LogP contribution in [0.5, 0.6) is 0 Å². The quantitative estimate of drug-likeness (QED) is 0.648. The molecule has 1 heterocycles. The number of aliphatic hydroxyl groups is 1. The molecule has 92 valence electrons. The lowest BCUT2D eigenvalue weighted by Gasteiger charge is -2.17. The van der Waals surface area contributed by atoms with Crippen molar-refractivity contribution < 1.29 is 9.84 Å². The molecule has 1 rings (SSSR count). The van der Waals surface area contributed by atoms with Crippen molar-refractivity contribution in [2.45, 2.75) is 26.4 Å². The molecule has 0 aliphatic rings. The summed E-state index contributed by atoms with van der Waals surface area (Å²) in [5.74, 6) is 0.746. The van der Waals surface area contributed by atoms with E-state index in [1.807, 2.05) is 13.8 Å². The van der Waals surface area contributed by atoms with Crippen LogP contribution in [0.4, 0.5) is 11.5 Å². The highest BCUT2D eigenvalue weighted by molar-refractivity contribution is 5.65. The van der Waals surface area contributed by atoms with Gasteiger partial charge in [0.25, 0.3) is 0 Å². The number of ether oxygens (including phenoxy) is 1. The molecule has 0 amide bonds. The average molecular weight is 228 g/mol. The molecule has 0 spiro atoms. The van der Waals surface area contributed by atoms with Gasteiger partial charge in [-0.05, 0) is 13.8 Å². The SMILES string of the molecule is CCn1nc(C)c(N)c1NC(CO)COC. The summed E-state index contributed by atoms with van der Waals surface area (Å²) in [6.45, 7) is 4.98. The van der Waals surface area contributed by atoms with Crippen LogP contribution >= 0.6 is 0 Å². The Balaban J connectivity index is 2.85. The molecule has 0 aliphatic heterocycles. The lowest BCUT2D eigenvalue weighted by Crippen LogP contribution is -2.30. The Morgan fingerprint density at radius 1 is 1.62 bits per heavy atom. The van der Waals surface area contributed by atoms with Crippen molar-refractivity contribution in [1.82, 2.24) is 9.78 Å². The normalized spacial score (nSPS) is 12.8. The van der Waals surface area contributed by atoms with Crippen molar-refractivity contribution in [3.63, 3.8) is 0 Å². The lowest BCUT2D eigenvalue weighted by atomic mass is 10.3. The molecule has 0 saturated heterocycles. The van der Waals surface area contributed by atoms with Crippen molar-refractivity contribution in [3.05, 3.63) is 5.69 Å². The maximum absolute atomic E-state index is 9.17. The molecule has 1 unspecified atom stereocenters. The van der Waals surface area contributed by atoms with Crippen LogP contribution in [-0.4, -0.2) is 41.3 Å². The third-order valence-corrected chi connectivity index (χ3v) is 2.40. The zero-order chi connectivity index (χ0) is 12.1. The molecule has 1 aromatic heterocycles. The Hall–Kier alpha value is -1.27. The summed E-state index contributed by atoms with van der Waals surface area (Å²) in [5, 5.41) is 16.6. The third-order valence-electron chi connectivity index (χ3n) is 2.40. The van der Waals surface area contributed by atoms with Gasteiger partial charge in [-0.15, -0.1) is 0 Å². The van der Waals surface area contributed by atoms with E-state index in [-0.39, 0.29) is 12.6 Å². The molecule has 4 N–H and O–H groups in total. The topological polar surface area (TPSA) is 85.3 Å². The Labute approximate surface area is 95.4 Å². The lowest BCUT2D eigenvalue weighted by molar-refractivity contribution is 0.153. The van der Waals surface area contributed by atoms with Crippen LogP contribution in [0.15, 0.2) is 0 Å². The van der Waals surface area contributed by atoms with E-state index in [9.17, 15) is 0 Å². The second kappa shape index (κ2) is 5.72. The number of nitrogens with one attached hydrogen (secondary N) is 1. The first-order chi connectivity index (χ1) is 7.63. The molecule has 0 aromatic carbocycles. The minimum atomic E-state index is -0.173. The standard InChI is InChI=1S/C10H20N4O2/c1-4-14-10(9(11)7(2)13-14)12-8(5-15)6-16-3/h8,12,15H,4-6,11H2,1-3H3. The zero-order valence-electron chi connectivity index (χ0n) is 10.0. The maximum Gasteiger partial charge on any atom is 0.148 e. The molecule has 0 fully saturated rings. The van der Waals surface area contributed by atoms with E-state index in [1.165, 1.54) is 0 Å². The Morgan fingerprint density at radius 3 is 2.81 bits per heavy atom. The fraction of sp³-hybridized carbons (Fsp3) is 0.700. The molecule has 16 heavy (non-hydrogen) atoms. The van der Waals surface area contributed by atoms with Crippen molar-refractivity contribution in [3.8, 4) is 0 Å². The largest absolute Gasteiger partial charge is 0.394 e. The molecule has 1 aromatic rings. The summed E-state index contributed by atoms with van der Waals surface area (Å²) in [6, 6.07) is -0.173. The van der Waals surface area contributed by atoms with Gasteiger partial charge >= 0.3 is 0 Å². The summed E-state index contributed by atoms with van der Waals surface area (Å²) < 4.78 is 6.78. The van der Waals surface area contributed by atoms with Gasteiger partial charge in [0, 0.05) is 13.7 Å². The number of anilines is 2. The van der Waals surface area contributed by atoms with Gasteiger partial charge in [0.1, 0.15) is 5.82 Å². The Kier molecular flexibility index (Phi) is 4.57. The minimum Gasteiger partial charge on any atom is -0.394 e. The van der Waals surface area contributed by atoms with Gasteiger partial charge in [0.05, 0.1) is 30.6 Å². The second-order valence-corrected chi connectivity index (χ2v) is 3.64. The van der Waals surface area contributed by atoms with Crippen LogP contribution in [0.1, 0.15) is 12.6 Å². The van der Waals surface area contributed by atoms with Crippen LogP contribution in [-0.2, 0) is 11.3 Å². The van der Waals surface area contributed by atoms with Gasteiger partial charge in [0.2, 0.25) is 0 Å². The Bertz CT molecular complexity index is 338. The highest BCUT2D eigenvalue weighted by Gasteiger charge is 2.15. The van der Waals surface area contributed by atoms with Crippen LogP contribution in [0.3, 0.4) is 0 Å². The monoisotopic (exact) mass is 228 g/mol. The molecule has 0 bridgehead atoms. The number of rotatable bonds is 6. The van der Waals surface area contributed by atoms with E-state index in [1.54, 1.807) is 11.8 Å². The molecule has 0 radical (unpaired) electrons. The Morgan fingerprint density at radius 2 is 2.31 bits per heavy atom. The highest BCUT2D eigenvalue weighted by atomic mass is 16.5. The van der Waals surface area contributed by atoms with Gasteiger partial charge in [0.15, 0.2) is 0 Å². The first kappa shape index (κ1) is 12.8. The van der Waals surface area contributed by atoms with E-state index in [4.69, 9.17) is 15.6 Å². The number of aryl methyl sites for hydroxylation is 2. The first-order valence-corrected chi connectivity index (χ1v) is 5.33. The molecular weight excluding hydrogens is 208 g/mol. The van der Waals surface area contributed by atoms with E-state index < -0.39 is 0 Å². The van der Waals surface area contributed by atoms with E-state index in [2.05, 4.69) is 10.4 Å². The van der Waals surface area contributed by atoms with E-state index in [0.29, 0.717) is 12.3 Å². The molecule has 1 atom stereocenters. The number of nitrogen functional groups attached to an aromatic ring is 1. The van der Waals surface area contributed by atoms with Crippen LogP contribution in [0.2, 0.25) is 0 Å². The molecule has 0 aliphatic carbocycles. The molecule has 6 heteroatoms. The third kappa shape index (κ3) is 2.65. The van der Waals surface area contributed by atoms with Crippen LogP contribution in [0.25, 0.3) is 0 Å². The summed E-state index contributed by atoms with van der Waals surface area (Å²) in [7, 11) is 1.59. The summed E-state index contributed by atoms with van der Waals surface area (Å²) in [6.07, 6.45) is 0. The smallest absolute Gasteiger partial charge is 0.148 e. The van der Waals surface area contributed by atoms with Gasteiger partial charge in [-0.25, -0.2) is 4.68 Å². The van der Waals surface area contributed by atoms with Gasteiger partial charge in [-0.1, -0.05) is 0 Å². The molecule has 6 nitrogen and oxygen atoms in total. The number of hydrogen-bond acceptors (Lipinski definition) is 5. The predicted octanol–water partition coefficient (Wildman–Crippen LogP) is 0.213. The van der Waals surface area contributed by atoms with Crippen molar-refractivity contribution >= 4 is 11.5 Å². The fourth-order valence-electron chi connectivity index (χ4n) is 1.51. The van der Waals surface area contributed by atoms with Gasteiger partial charge in [-0.2, -0.15) is 5.10 Å². The molecular formula is C10H20N4O2. The zero-order valence-corrected chi connectivity index (χ0v) is 10.0.